The summed E-state index contributed by atoms with van der Waals surface area (Å²) < 4.78 is 0. The van der Waals surface area contributed by atoms with E-state index in [1.165, 1.54) is 17.0 Å². The van der Waals surface area contributed by atoms with Gasteiger partial charge in [-0.2, -0.15) is 0 Å². The SMILES string of the molecule is NC(=O)c1ccccn1.c1ccc2ccccc2c1. The van der Waals surface area contributed by atoms with Gasteiger partial charge >= 0.3 is 0 Å². The Morgan fingerprint density at radius 2 is 1.26 bits per heavy atom. The first-order chi connectivity index (χ1) is 9.27. The monoisotopic (exact) mass is 250 g/mol. The Morgan fingerprint density at radius 1 is 0.789 bits per heavy atom. The number of nitrogens with two attached hydrogens (primary N) is 1. The summed E-state index contributed by atoms with van der Waals surface area (Å²) in [6, 6.07) is 21.7. The topological polar surface area (TPSA) is 56.0 Å². The standard InChI is InChI=1S/C10H8.C6H6N2O/c1-2-6-10-8-4-3-7-9(10)5-1;7-6(9)5-3-1-2-4-8-5/h1-8H;1-4H,(H2,7,9). The van der Waals surface area contributed by atoms with E-state index in [1.54, 1.807) is 18.2 Å². The van der Waals surface area contributed by atoms with Gasteiger partial charge in [0.2, 0.25) is 0 Å². The van der Waals surface area contributed by atoms with Gasteiger partial charge in [0.15, 0.2) is 0 Å². The highest BCUT2D eigenvalue weighted by Crippen LogP contribution is 2.11. The third-order valence-corrected chi connectivity index (χ3v) is 2.58. The molecule has 0 fully saturated rings. The Bertz CT molecular complexity index is 600. The lowest BCUT2D eigenvalue weighted by atomic mass is 10.1. The van der Waals surface area contributed by atoms with Crippen molar-refractivity contribution >= 4 is 16.7 Å². The van der Waals surface area contributed by atoms with Crippen molar-refractivity contribution in [2.75, 3.05) is 0 Å². The molecule has 0 atom stereocenters. The number of nitrogens with zero attached hydrogens (tertiary/aromatic N) is 1. The first-order valence-electron chi connectivity index (χ1n) is 5.92. The zero-order valence-electron chi connectivity index (χ0n) is 10.4. The molecule has 0 saturated carbocycles. The molecule has 0 aliphatic heterocycles. The Labute approximate surface area is 111 Å². The minimum Gasteiger partial charge on any atom is -0.364 e. The normalized spacial score (nSPS) is 9.47. The summed E-state index contributed by atoms with van der Waals surface area (Å²) in [6.07, 6.45) is 1.53. The average Bonchev–Trinajstić information content (AvgIpc) is 2.49. The second kappa shape index (κ2) is 6.31. The summed E-state index contributed by atoms with van der Waals surface area (Å²) in [7, 11) is 0. The summed E-state index contributed by atoms with van der Waals surface area (Å²) in [5.74, 6) is -0.490. The van der Waals surface area contributed by atoms with Crippen LogP contribution in [0.25, 0.3) is 10.8 Å². The highest BCUT2D eigenvalue weighted by molar-refractivity contribution is 5.90. The number of benzene rings is 2. The summed E-state index contributed by atoms with van der Waals surface area (Å²) in [6.45, 7) is 0. The van der Waals surface area contributed by atoms with Crippen molar-refractivity contribution in [1.82, 2.24) is 4.98 Å². The Hall–Kier alpha value is -2.68. The predicted molar refractivity (Wildman–Crippen MR) is 76.7 cm³/mol. The second-order valence-corrected chi connectivity index (χ2v) is 3.93. The van der Waals surface area contributed by atoms with E-state index in [1.807, 2.05) is 0 Å². The van der Waals surface area contributed by atoms with E-state index in [0.29, 0.717) is 5.69 Å². The second-order valence-electron chi connectivity index (χ2n) is 3.93. The van der Waals surface area contributed by atoms with Crippen molar-refractivity contribution in [2.24, 2.45) is 5.73 Å². The molecule has 3 heteroatoms. The minimum absolute atomic E-state index is 0.303. The number of fused-ring (bicyclic) bond motifs is 1. The third kappa shape index (κ3) is 3.64. The number of aromatic nitrogens is 1. The number of pyridine rings is 1. The van der Waals surface area contributed by atoms with Gasteiger partial charge in [-0.25, -0.2) is 0 Å². The van der Waals surface area contributed by atoms with Crippen molar-refractivity contribution < 1.29 is 4.79 Å². The zero-order chi connectivity index (χ0) is 13.5. The molecule has 0 unspecified atom stereocenters. The van der Waals surface area contributed by atoms with Crippen molar-refractivity contribution in [3.05, 3.63) is 78.6 Å². The van der Waals surface area contributed by atoms with Gasteiger partial charge in [0.25, 0.3) is 5.91 Å². The van der Waals surface area contributed by atoms with E-state index in [-0.39, 0.29) is 0 Å². The number of rotatable bonds is 1. The van der Waals surface area contributed by atoms with Crippen LogP contribution in [-0.4, -0.2) is 10.9 Å². The molecule has 0 bridgehead atoms. The maximum absolute atomic E-state index is 10.4. The van der Waals surface area contributed by atoms with Gasteiger partial charge in [-0.05, 0) is 22.9 Å². The number of amides is 1. The van der Waals surface area contributed by atoms with Crippen LogP contribution >= 0.6 is 0 Å². The minimum atomic E-state index is -0.490. The van der Waals surface area contributed by atoms with Gasteiger partial charge in [0.1, 0.15) is 5.69 Å². The fourth-order valence-corrected chi connectivity index (χ4v) is 1.64. The van der Waals surface area contributed by atoms with E-state index in [0.717, 1.165) is 0 Å². The number of carbonyl (C=O) groups is 1. The molecular formula is C16H14N2O. The molecule has 94 valence electrons. The van der Waals surface area contributed by atoms with Crippen LogP contribution in [0.15, 0.2) is 72.9 Å². The first-order valence-corrected chi connectivity index (χ1v) is 5.92. The van der Waals surface area contributed by atoms with Gasteiger partial charge in [-0.15, -0.1) is 0 Å². The van der Waals surface area contributed by atoms with Crippen LogP contribution in [0, 0.1) is 0 Å². The molecule has 0 spiro atoms. The van der Waals surface area contributed by atoms with Crippen LogP contribution in [0.5, 0.6) is 0 Å². The van der Waals surface area contributed by atoms with Crippen molar-refractivity contribution in [2.45, 2.75) is 0 Å². The fourth-order valence-electron chi connectivity index (χ4n) is 1.64. The van der Waals surface area contributed by atoms with E-state index < -0.39 is 5.91 Å². The molecule has 0 saturated heterocycles. The van der Waals surface area contributed by atoms with Gasteiger partial charge in [0, 0.05) is 6.20 Å². The quantitative estimate of drug-likeness (QED) is 0.721. The number of hydrogen-bond donors (Lipinski definition) is 1. The van der Waals surface area contributed by atoms with Crippen LogP contribution in [0.2, 0.25) is 0 Å². The van der Waals surface area contributed by atoms with Crippen LogP contribution in [-0.2, 0) is 0 Å². The summed E-state index contributed by atoms with van der Waals surface area (Å²) in [5, 5.41) is 2.62. The lowest BCUT2D eigenvalue weighted by molar-refractivity contribution is 0.0995. The lowest BCUT2D eigenvalue weighted by Crippen LogP contribution is -2.12. The molecule has 0 aliphatic carbocycles. The molecule has 1 amide bonds. The van der Waals surface area contributed by atoms with Gasteiger partial charge < -0.3 is 5.73 Å². The van der Waals surface area contributed by atoms with E-state index >= 15 is 0 Å². The number of hydrogen-bond acceptors (Lipinski definition) is 2. The fraction of sp³-hybridized carbons (Fsp3) is 0. The van der Waals surface area contributed by atoms with Crippen LogP contribution < -0.4 is 5.73 Å². The molecule has 3 rings (SSSR count). The molecule has 19 heavy (non-hydrogen) atoms. The van der Waals surface area contributed by atoms with Crippen LogP contribution in [0.3, 0.4) is 0 Å². The highest BCUT2D eigenvalue weighted by atomic mass is 16.1. The molecule has 3 aromatic rings. The molecule has 2 N–H and O–H groups in total. The molecule has 0 radical (unpaired) electrons. The average molecular weight is 250 g/mol. The van der Waals surface area contributed by atoms with Crippen LogP contribution in [0.4, 0.5) is 0 Å². The molecular weight excluding hydrogens is 236 g/mol. The Morgan fingerprint density at radius 3 is 1.58 bits per heavy atom. The smallest absolute Gasteiger partial charge is 0.267 e. The van der Waals surface area contributed by atoms with Gasteiger partial charge in [0.05, 0.1) is 0 Å². The number of carbonyl (C=O) groups excluding carboxylic acids is 1. The molecule has 1 heterocycles. The molecule has 1 aromatic heterocycles. The maximum Gasteiger partial charge on any atom is 0.267 e. The largest absolute Gasteiger partial charge is 0.364 e. The highest BCUT2D eigenvalue weighted by Gasteiger charge is 1.96. The zero-order valence-corrected chi connectivity index (χ0v) is 10.4. The van der Waals surface area contributed by atoms with Crippen molar-refractivity contribution in [3.63, 3.8) is 0 Å². The van der Waals surface area contributed by atoms with E-state index in [9.17, 15) is 4.79 Å². The maximum atomic E-state index is 10.4. The predicted octanol–water partition coefficient (Wildman–Crippen LogP) is 3.02. The third-order valence-electron chi connectivity index (χ3n) is 2.58. The van der Waals surface area contributed by atoms with Crippen LogP contribution in [0.1, 0.15) is 10.5 Å². The molecule has 2 aromatic carbocycles. The Kier molecular flexibility index (Phi) is 4.24. The van der Waals surface area contributed by atoms with E-state index in [4.69, 9.17) is 5.73 Å². The van der Waals surface area contributed by atoms with Crippen molar-refractivity contribution in [1.29, 1.82) is 0 Å². The summed E-state index contributed by atoms with van der Waals surface area (Å²) >= 11 is 0. The van der Waals surface area contributed by atoms with Gasteiger partial charge in [-0.3, -0.25) is 9.78 Å². The van der Waals surface area contributed by atoms with Crippen molar-refractivity contribution in [3.8, 4) is 0 Å². The number of primary amides is 1. The van der Waals surface area contributed by atoms with Gasteiger partial charge in [-0.1, -0.05) is 54.6 Å². The summed E-state index contributed by atoms with van der Waals surface area (Å²) in [5.41, 5.74) is 5.22. The lowest BCUT2D eigenvalue weighted by Gasteiger charge is -1.92. The Balaban J connectivity index is 0.000000141. The first kappa shape index (κ1) is 12.8. The molecule has 3 nitrogen and oxygen atoms in total. The molecule has 0 aliphatic rings. The van der Waals surface area contributed by atoms with E-state index in [2.05, 4.69) is 53.5 Å². The summed E-state index contributed by atoms with van der Waals surface area (Å²) in [4.78, 5) is 14.1.